The van der Waals surface area contributed by atoms with Crippen LogP contribution in [0.1, 0.15) is 41.5 Å². The maximum atomic E-state index is 3.60. The minimum absolute atomic E-state index is 0.220. The molecule has 1 rings (SSSR count). The standard InChI is InChI=1S/C14H31N3/c1-11(8-15-14(4,5)6)17-9-12(2)16(7)13(3)10-17/h11-13,15H,8-10H2,1-7H3. The van der Waals surface area contributed by atoms with E-state index in [-0.39, 0.29) is 5.54 Å². The van der Waals surface area contributed by atoms with Gasteiger partial charge in [0.05, 0.1) is 0 Å². The van der Waals surface area contributed by atoms with E-state index in [2.05, 4.69) is 63.7 Å². The second-order valence-corrected chi connectivity index (χ2v) is 6.80. The molecule has 0 bridgehead atoms. The van der Waals surface area contributed by atoms with Crippen LogP contribution in [-0.4, -0.2) is 60.1 Å². The van der Waals surface area contributed by atoms with E-state index in [4.69, 9.17) is 0 Å². The first-order chi connectivity index (χ1) is 7.70. The lowest BCUT2D eigenvalue weighted by molar-refractivity contribution is 0.0367. The molecule has 3 atom stereocenters. The Bertz CT molecular complexity index is 222. The quantitative estimate of drug-likeness (QED) is 0.813. The van der Waals surface area contributed by atoms with Gasteiger partial charge in [-0.05, 0) is 48.6 Å². The molecule has 0 amide bonds. The molecule has 3 heteroatoms. The second kappa shape index (κ2) is 5.68. The Kier molecular flexibility index (Phi) is 4.99. The van der Waals surface area contributed by atoms with E-state index in [1.165, 1.54) is 13.1 Å². The fourth-order valence-electron chi connectivity index (χ4n) is 2.39. The van der Waals surface area contributed by atoms with Gasteiger partial charge in [-0.15, -0.1) is 0 Å². The molecule has 0 radical (unpaired) electrons. The van der Waals surface area contributed by atoms with Crippen molar-refractivity contribution < 1.29 is 0 Å². The molecule has 1 N–H and O–H groups in total. The van der Waals surface area contributed by atoms with Crippen LogP contribution in [0.2, 0.25) is 0 Å². The highest BCUT2D eigenvalue weighted by atomic mass is 15.3. The summed E-state index contributed by atoms with van der Waals surface area (Å²) >= 11 is 0. The zero-order chi connectivity index (χ0) is 13.2. The Morgan fingerprint density at radius 3 is 2.06 bits per heavy atom. The summed E-state index contributed by atoms with van der Waals surface area (Å²) in [5.41, 5.74) is 0.220. The third-order valence-electron chi connectivity index (χ3n) is 3.94. The number of nitrogens with zero attached hydrogens (tertiary/aromatic N) is 2. The van der Waals surface area contributed by atoms with E-state index >= 15 is 0 Å². The molecule has 102 valence electrons. The zero-order valence-electron chi connectivity index (χ0n) is 12.7. The van der Waals surface area contributed by atoms with Crippen molar-refractivity contribution in [3.05, 3.63) is 0 Å². The summed E-state index contributed by atoms with van der Waals surface area (Å²) < 4.78 is 0. The number of hydrogen-bond donors (Lipinski definition) is 1. The van der Waals surface area contributed by atoms with Crippen molar-refractivity contribution in [3.63, 3.8) is 0 Å². The van der Waals surface area contributed by atoms with Crippen LogP contribution in [0.25, 0.3) is 0 Å². The minimum atomic E-state index is 0.220. The van der Waals surface area contributed by atoms with Gasteiger partial charge in [0.15, 0.2) is 0 Å². The summed E-state index contributed by atoms with van der Waals surface area (Å²) in [6, 6.07) is 1.94. The Labute approximate surface area is 108 Å². The van der Waals surface area contributed by atoms with Crippen LogP contribution in [0.3, 0.4) is 0 Å². The summed E-state index contributed by atoms with van der Waals surface area (Å²) in [5.74, 6) is 0. The van der Waals surface area contributed by atoms with Crippen LogP contribution in [0.5, 0.6) is 0 Å². The zero-order valence-corrected chi connectivity index (χ0v) is 12.7. The van der Waals surface area contributed by atoms with Crippen molar-refractivity contribution in [2.75, 3.05) is 26.7 Å². The highest BCUT2D eigenvalue weighted by molar-refractivity contribution is 4.86. The van der Waals surface area contributed by atoms with Gasteiger partial charge in [0.2, 0.25) is 0 Å². The Morgan fingerprint density at radius 2 is 1.65 bits per heavy atom. The van der Waals surface area contributed by atoms with E-state index in [1.807, 2.05) is 0 Å². The van der Waals surface area contributed by atoms with E-state index in [0.717, 1.165) is 6.54 Å². The Balaban J connectivity index is 2.45. The van der Waals surface area contributed by atoms with E-state index in [9.17, 15) is 0 Å². The van der Waals surface area contributed by atoms with Gasteiger partial charge in [-0.1, -0.05) is 0 Å². The molecule has 0 aliphatic carbocycles. The van der Waals surface area contributed by atoms with Crippen molar-refractivity contribution in [3.8, 4) is 0 Å². The predicted octanol–water partition coefficient (Wildman–Crippen LogP) is 1.79. The van der Waals surface area contributed by atoms with Gasteiger partial charge < -0.3 is 5.32 Å². The monoisotopic (exact) mass is 241 g/mol. The van der Waals surface area contributed by atoms with Gasteiger partial charge in [0.25, 0.3) is 0 Å². The van der Waals surface area contributed by atoms with Crippen molar-refractivity contribution in [2.45, 2.75) is 65.2 Å². The number of piperazine rings is 1. The lowest BCUT2D eigenvalue weighted by Crippen LogP contribution is -2.59. The predicted molar refractivity (Wildman–Crippen MR) is 75.5 cm³/mol. The molecule has 17 heavy (non-hydrogen) atoms. The van der Waals surface area contributed by atoms with Gasteiger partial charge in [-0.3, -0.25) is 9.80 Å². The molecule has 0 aromatic heterocycles. The van der Waals surface area contributed by atoms with Gasteiger partial charge >= 0.3 is 0 Å². The van der Waals surface area contributed by atoms with Crippen LogP contribution in [0.4, 0.5) is 0 Å². The largest absolute Gasteiger partial charge is 0.311 e. The molecule has 1 heterocycles. The number of hydrogen-bond acceptors (Lipinski definition) is 3. The Hall–Kier alpha value is -0.120. The second-order valence-electron chi connectivity index (χ2n) is 6.80. The lowest BCUT2D eigenvalue weighted by atomic mass is 10.1. The topological polar surface area (TPSA) is 18.5 Å². The molecule has 0 saturated carbocycles. The van der Waals surface area contributed by atoms with Crippen LogP contribution in [0, 0.1) is 0 Å². The van der Waals surface area contributed by atoms with Crippen molar-refractivity contribution in [1.82, 2.24) is 15.1 Å². The first-order valence-electron chi connectivity index (χ1n) is 6.91. The van der Waals surface area contributed by atoms with Crippen LogP contribution in [-0.2, 0) is 0 Å². The lowest BCUT2D eigenvalue weighted by Gasteiger charge is -2.45. The van der Waals surface area contributed by atoms with Gasteiger partial charge in [0, 0.05) is 43.3 Å². The fourth-order valence-corrected chi connectivity index (χ4v) is 2.39. The summed E-state index contributed by atoms with van der Waals surface area (Å²) in [5, 5.41) is 3.60. The van der Waals surface area contributed by atoms with Crippen LogP contribution < -0.4 is 5.32 Å². The van der Waals surface area contributed by atoms with Crippen molar-refractivity contribution in [2.24, 2.45) is 0 Å². The summed E-state index contributed by atoms with van der Waals surface area (Å²) in [7, 11) is 2.24. The molecule has 0 aromatic rings. The molecule has 1 aliphatic rings. The molecule has 1 aliphatic heterocycles. The summed E-state index contributed by atoms with van der Waals surface area (Å²) in [4.78, 5) is 5.11. The van der Waals surface area contributed by atoms with E-state index in [1.54, 1.807) is 0 Å². The molecule has 1 fully saturated rings. The SMILES string of the molecule is CC(CNC(C)(C)C)N1CC(C)N(C)C(C)C1. The number of likely N-dealkylation sites (N-methyl/N-ethyl adjacent to an activating group) is 1. The van der Waals surface area contributed by atoms with E-state index in [0.29, 0.717) is 18.1 Å². The maximum absolute atomic E-state index is 3.60. The highest BCUT2D eigenvalue weighted by Crippen LogP contribution is 2.15. The third kappa shape index (κ3) is 4.57. The molecule has 1 saturated heterocycles. The van der Waals surface area contributed by atoms with Crippen molar-refractivity contribution >= 4 is 0 Å². The van der Waals surface area contributed by atoms with Gasteiger partial charge in [-0.2, -0.15) is 0 Å². The number of rotatable bonds is 3. The highest BCUT2D eigenvalue weighted by Gasteiger charge is 2.29. The minimum Gasteiger partial charge on any atom is -0.311 e. The molecule has 0 spiro atoms. The normalized spacial score (nSPS) is 30.5. The van der Waals surface area contributed by atoms with Gasteiger partial charge in [-0.25, -0.2) is 0 Å². The molecule has 0 aromatic carbocycles. The van der Waals surface area contributed by atoms with Crippen molar-refractivity contribution in [1.29, 1.82) is 0 Å². The molecular weight excluding hydrogens is 210 g/mol. The smallest absolute Gasteiger partial charge is 0.0195 e. The number of nitrogens with one attached hydrogen (secondary N) is 1. The van der Waals surface area contributed by atoms with Crippen LogP contribution >= 0.6 is 0 Å². The summed E-state index contributed by atoms with van der Waals surface area (Å²) in [6.07, 6.45) is 0. The summed E-state index contributed by atoms with van der Waals surface area (Å²) in [6.45, 7) is 17.1. The molecule has 3 unspecified atom stereocenters. The average Bonchev–Trinajstić information content (AvgIpc) is 2.20. The van der Waals surface area contributed by atoms with Crippen LogP contribution in [0.15, 0.2) is 0 Å². The fraction of sp³-hybridized carbons (Fsp3) is 1.00. The Morgan fingerprint density at radius 1 is 1.18 bits per heavy atom. The third-order valence-corrected chi connectivity index (χ3v) is 3.94. The van der Waals surface area contributed by atoms with Gasteiger partial charge in [0.1, 0.15) is 0 Å². The molecular formula is C14H31N3. The first-order valence-corrected chi connectivity index (χ1v) is 6.91. The van der Waals surface area contributed by atoms with E-state index < -0.39 is 0 Å². The maximum Gasteiger partial charge on any atom is 0.0195 e. The average molecular weight is 241 g/mol. The molecule has 3 nitrogen and oxygen atoms in total. The first kappa shape index (κ1) is 14.9.